The van der Waals surface area contributed by atoms with Crippen LogP contribution in [0.4, 0.5) is 0 Å². The van der Waals surface area contributed by atoms with Crippen molar-refractivity contribution < 1.29 is 0 Å². The third-order valence-electron chi connectivity index (χ3n) is 2.89. The Morgan fingerprint density at radius 3 is 2.10 bits per heavy atom. The number of halogens is 4. The SMILES string of the molecule is Brc1ccc(-c2cc(-c3nncs3)c(Br)c(Br)c2Br)cc1. The molecule has 2 nitrogen and oxygen atoms in total. The first-order valence-electron chi connectivity index (χ1n) is 5.78. The van der Waals surface area contributed by atoms with E-state index >= 15 is 0 Å². The molecule has 0 atom stereocenters. The van der Waals surface area contributed by atoms with Crippen molar-refractivity contribution >= 4 is 75.1 Å². The lowest BCUT2D eigenvalue weighted by Gasteiger charge is -2.12. The first-order valence-corrected chi connectivity index (χ1v) is 9.83. The summed E-state index contributed by atoms with van der Waals surface area (Å²) in [5.74, 6) is 0. The van der Waals surface area contributed by atoms with Crippen molar-refractivity contribution in [1.82, 2.24) is 10.2 Å². The third kappa shape index (κ3) is 3.17. The molecule has 3 aromatic rings. The van der Waals surface area contributed by atoms with Crippen LogP contribution < -0.4 is 0 Å². The van der Waals surface area contributed by atoms with Crippen LogP contribution in [0, 0.1) is 0 Å². The van der Waals surface area contributed by atoms with Gasteiger partial charge >= 0.3 is 0 Å². The van der Waals surface area contributed by atoms with E-state index in [9.17, 15) is 0 Å². The smallest absolute Gasteiger partial charge is 0.147 e. The molecular weight excluding hydrogens is 548 g/mol. The van der Waals surface area contributed by atoms with Crippen LogP contribution >= 0.6 is 75.1 Å². The molecule has 1 heterocycles. The van der Waals surface area contributed by atoms with Gasteiger partial charge in [0.1, 0.15) is 10.5 Å². The number of benzene rings is 2. The second-order valence-electron chi connectivity index (χ2n) is 4.16. The molecule has 0 bridgehead atoms. The molecule has 0 saturated carbocycles. The molecule has 3 rings (SSSR count). The summed E-state index contributed by atoms with van der Waals surface area (Å²) in [4.78, 5) is 0. The van der Waals surface area contributed by atoms with Gasteiger partial charge in [-0.1, -0.05) is 39.4 Å². The first kappa shape index (κ1) is 15.8. The van der Waals surface area contributed by atoms with E-state index in [0.717, 1.165) is 39.6 Å². The van der Waals surface area contributed by atoms with E-state index in [1.165, 1.54) is 11.3 Å². The zero-order valence-corrected chi connectivity index (χ0v) is 17.4. The van der Waals surface area contributed by atoms with Crippen LogP contribution in [0.2, 0.25) is 0 Å². The van der Waals surface area contributed by atoms with E-state index < -0.39 is 0 Å². The molecule has 0 spiro atoms. The standard InChI is InChI=1S/C14H6Br4N2S/c15-8-3-1-7(2-4-8)9-5-10(14-20-19-6-21-14)12(17)13(18)11(9)16/h1-6H. The van der Waals surface area contributed by atoms with Crippen molar-refractivity contribution in [3.05, 3.63) is 53.7 Å². The summed E-state index contributed by atoms with van der Waals surface area (Å²) >= 11 is 15.9. The highest BCUT2D eigenvalue weighted by Gasteiger charge is 2.17. The van der Waals surface area contributed by atoms with Crippen molar-refractivity contribution in [1.29, 1.82) is 0 Å². The van der Waals surface area contributed by atoms with E-state index in [1.54, 1.807) is 5.51 Å². The Bertz CT molecular complexity index is 786. The van der Waals surface area contributed by atoms with Crippen LogP contribution in [0.1, 0.15) is 0 Å². The highest BCUT2D eigenvalue weighted by molar-refractivity contribution is 9.14. The Balaban J connectivity index is 2.24. The summed E-state index contributed by atoms with van der Waals surface area (Å²) in [6, 6.07) is 10.3. The summed E-state index contributed by atoms with van der Waals surface area (Å²) in [7, 11) is 0. The molecule has 7 heteroatoms. The van der Waals surface area contributed by atoms with Gasteiger partial charge < -0.3 is 0 Å². The van der Waals surface area contributed by atoms with Crippen LogP contribution in [0.15, 0.2) is 53.7 Å². The Hall–Kier alpha value is -0.0800. The quantitative estimate of drug-likeness (QED) is 0.322. The molecule has 0 saturated heterocycles. The minimum Gasteiger partial charge on any atom is -0.147 e. The lowest BCUT2D eigenvalue weighted by atomic mass is 10.0. The van der Waals surface area contributed by atoms with Crippen LogP contribution in [0.25, 0.3) is 21.7 Å². The van der Waals surface area contributed by atoms with Crippen molar-refractivity contribution in [2.75, 3.05) is 0 Å². The number of hydrogen-bond acceptors (Lipinski definition) is 3. The van der Waals surface area contributed by atoms with Crippen LogP contribution in [0.5, 0.6) is 0 Å². The van der Waals surface area contributed by atoms with Crippen molar-refractivity contribution in [3.8, 4) is 21.7 Å². The monoisotopic (exact) mass is 550 g/mol. The average Bonchev–Trinajstić information content (AvgIpc) is 3.00. The average molecular weight is 554 g/mol. The van der Waals surface area contributed by atoms with Gasteiger partial charge in [-0.2, -0.15) is 0 Å². The molecule has 21 heavy (non-hydrogen) atoms. The van der Waals surface area contributed by atoms with Gasteiger partial charge in [-0.25, -0.2) is 0 Å². The number of rotatable bonds is 2. The molecule has 0 fully saturated rings. The van der Waals surface area contributed by atoms with Gasteiger partial charge in [0, 0.05) is 23.5 Å². The van der Waals surface area contributed by atoms with Crippen molar-refractivity contribution in [3.63, 3.8) is 0 Å². The molecule has 0 radical (unpaired) electrons. The fourth-order valence-corrected chi connectivity index (χ4v) is 4.60. The van der Waals surface area contributed by atoms with Gasteiger partial charge in [-0.3, -0.25) is 0 Å². The zero-order valence-electron chi connectivity index (χ0n) is 10.3. The fourth-order valence-electron chi connectivity index (χ4n) is 1.89. The van der Waals surface area contributed by atoms with E-state index in [1.807, 2.05) is 12.1 Å². The summed E-state index contributed by atoms with van der Waals surface area (Å²) in [6.45, 7) is 0. The molecule has 2 aromatic carbocycles. The molecule has 0 aliphatic rings. The highest BCUT2D eigenvalue weighted by atomic mass is 79.9. The third-order valence-corrected chi connectivity index (χ3v) is 7.65. The van der Waals surface area contributed by atoms with Crippen LogP contribution in [0.3, 0.4) is 0 Å². The van der Waals surface area contributed by atoms with Gasteiger partial charge in [0.05, 0.1) is 0 Å². The predicted molar refractivity (Wildman–Crippen MR) is 102 cm³/mol. The second-order valence-corrected chi connectivity index (χ2v) is 8.29. The molecule has 0 aliphatic carbocycles. The summed E-state index contributed by atoms with van der Waals surface area (Å²) in [5, 5.41) is 8.96. The zero-order chi connectivity index (χ0) is 15.0. The molecular formula is C14H6Br4N2S. The maximum Gasteiger partial charge on any atom is 0.148 e. The van der Waals surface area contributed by atoms with Gasteiger partial charge in [0.15, 0.2) is 0 Å². The second kappa shape index (κ2) is 6.58. The maximum absolute atomic E-state index is 4.16. The first-order chi connectivity index (χ1) is 10.1. The van der Waals surface area contributed by atoms with Crippen molar-refractivity contribution in [2.45, 2.75) is 0 Å². The Labute approximate surface area is 159 Å². The minimum atomic E-state index is 0.883. The fraction of sp³-hybridized carbons (Fsp3) is 0. The topological polar surface area (TPSA) is 25.8 Å². The van der Waals surface area contributed by atoms with E-state index in [0.29, 0.717) is 0 Å². The van der Waals surface area contributed by atoms with E-state index in [2.05, 4.69) is 92.1 Å². The molecule has 0 unspecified atom stereocenters. The van der Waals surface area contributed by atoms with Crippen LogP contribution in [-0.2, 0) is 0 Å². The molecule has 0 amide bonds. The lowest BCUT2D eigenvalue weighted by molar-refractivity contribution is 1.09. The Kier molecular flexibility index (Phi) is 4.95. The molecule has 106 valence electrons. The molecule has 0 aliphatic heterocycles. The minimum absolute atomic E-state index is 0.883. The Morgan fingerprint density at radius 1 is 0.810 bits per heavy atom. The van der Waals surface area contributed by atoms with Gasteiger partial charge in [-0.15, -0.1) is 10.2 Å². The van der Waals surface area contributed by atoms with E-state index in [4.69, 9.17) is 0 Å². The number of aromatic nitrogens is 2. The summed E-state index contributed by atoms with van der Waals surface area (Å²) in [5.41, 5.74) is 4.98. The van der Waals surface area contributed by atoms with Crippen molar-refractivity contribution in [2.24, 2.45) is 0 Å². The predicted octanol–water partition coefficient (Wildman–Crippen LogP) is 6.92. The molecule has 1 aromatic heterocycles. The normalized spacial score (nSPS) is 10.9. The largest absolute Gasteiger partial charge is 0.148 e. The number of hydrogen-bond donors (Lipinski definition) is 0. The van der Waals surface area contributed by atoms with E-state index in [-0.39, 0.29) is 0 Å². The lowest BCUT2D eigenvalue weighted by Crippen LogP contribution is -1.88. The Morgan fingerprint density at radius 2 is 1.48 bits per heavy atom. The van der Waals surface area contributed by atoms with Crippen LogP contribution in [-0.4, -0.2) is 10.2 Å². The van der Waals surface area contributed by atoms with Gasteiger partial charge in [0.25, 0.3) is 0 Å². The summed E-state index contributed by atoms with van der Waals surface area (Å²) < 4.78 is 3.99. The van der Waals surface area contributed by atoms with Gasteiger partial charge in [-0.05, 0) is 77.1 Å². The maximum atomic E-state index is 4.16. The number of nitrogens with zero attached hydrogens (tertiary/aromatic N) is 2. The molecule has 0 N–H and O–H groups in total. The summed E-state index contributed by atoms with van der Waals surface area (Å²) in [6.07, 6.45) is 0. The van der Waals surface area contributed by atoms with Gasteiger partial charge in [0.2, 0.25) is 0 Å². The highest BCUT2D eigenvalue weighted by Crippen LogP contribution is 2.44.